The molecule has 20 heavy (non-hydrogen) atoms. The summed E-state index contributed by atoms with van der Waals surface area (Å²) in [6.07, 6.45) is 0. The zero-order valence-electron chi connectivity index (χ0n) is 11.8. The van der Waals surface area contributed by atoms with E-state index in [4.69, 9.17) is 0 Å². The van der Waals surface area contributed by atoms with Gasteiger partial charge in [-0.15, -0.1) is 11.3 Å². The number of aromatic nitrogens is 2. The third-order valence-electron chi connectivity index (χ3n) is 3.23. The summed E-state index contributed by atoms with van der Waals surface area (Å²) in [5.74, 6) is -1.14. The highest BCUT2D eigenvalue weighted by atomic mass is 32.1. The highest BCUT2D eigenvalue weighted by Crippen LogP contribution is 2.29. The van der Waals surface area contributed by atoms with Crippen LogP contribution in [-0.2, 0) is 6.54 Å². The fourth-order valence-corrected chi connectivity index (χ4v) is 3.59. The van der Waals surface area contributed by atoms with E-state index >= 15 is 0 Å². The minimum atomic E-state index is -1.14. The van der Waals surface area contributed by atoms with E-state index in [1.165, 1.54) is 15.9 Å². The smallest absolute Gasteiger partial charge is 0.337 e. The van der Waals surface area contributed by atoms with E-state index in [0.29, 0.717) is 9.71 Å². The number of carboxylic acid groups (broad SMARTS) is 1. The third kappa shape index (κ3) is 1.89. The summed E-state index contributed by atoms with van der Waals surface area (Å²) in [7, 11) is 0. The minimum absolute atomic E-state index is 0.00611. The molecule has 2 rings (SSSR count). The number of carbonyl (C=O) groups is 1. The predicted octanol–water partition coefficient (Wildman–Crippen LogP) is 1.83. The Labute approximate surface area is 118 Å². The highest BCUT2D eigenvalue weighted by Gasteiger charge is 2.24. The molecule has 0 atom stereocenters. The average Bonchev–Trinajstić information content (AvgIpc) is 2.66. The molecule has 6 nitrogen and oxygen atoms in total. The van der Waals surface area contributed by atoms with Gasteiger partial charge in [-0.05, 0) is 27.7 Å². The molecule has 2 heterocycles. The molecule has 2 aromatic rings. The zero-order chi connectivity index (χ0) is 15.2. The summed E-state index contributed by atoms with van der Waals surface area (Å²) >= 11 is 1.18. The van der Waals surface area contributed by atoms with E-state index in [1.807, 2.05) is 13.8 Å². The molecule has 0 aliphatic carbocycles. The summed E-state index contributed by atoms with van der Waals surface area (Å²) in [5.41, 5.74) is -0.907. The van der Waals surface area contributed by atoms with E-state index in [2.05, 4.69) is 0 Å². The van der Waals surface area contributed by atoms with Crippen LogP contribution in [0.4, 0.5) is 0 Å². The Morgan fingerprint density at radius 2 is 1.95 bits per heavy atom. The van der Waals surface area contributed by atoms with Crippen LogP contribution in [0.15, 0.2) is 9.59 Å². The second-order valence-electron chi connectivity index (χ2n) is 4.81. The molecule has 7 heteroatoms. The van der Waals surface area contributed by atoms with Crippen molar-refractivity contribution in [2.24, 2.45) is 0 Å². The molecule has 0 aliphatic rings. The van der Waals surface area contributed by atoms with Crippen LogP contribution in [0.5, 0.6) is 0 Å². The van der Waals surface area contributed by atoms with Crippen LogP contribution >= 0.6 is 11.3 Å². The van der Waals surface area contributed by atoms with Crippen LogP contribution in [0.25, 0.3) is 10.2 Å². The molecule has 0 fully saturated rings. The van der Waals surface area contributed by atoms with Crippen molar-refractivity contribution >= 4 is 27.5 Å². The second-order valence-corrected chi connectivity index (χ2v) is 6.02. The Kier molecular flexibility index (Phi) is 3.56. The number of nitrogens with zero attached hydrogens (tertiary/aromatic N) is 2. The Bertz CT molecular complexity index is 810. The maximum Gasteiger partial charge on any atom is 0.337 e. The molecule has 0 amide bonds. The monoisotopic (exact) mass is 296 g/mol. The fraction of sp³-hybridized carbons (Fsp3) is 0.462. The van der Waals surface area contributed by atoms with Gasteiger partial charge in [0.15, 0.2) is 0 Å². The van der Waals surface area contributed by atoms with Crippen LogP contribution in [-0.4, -0.2) is 20.2 Å². The molecule has 0 radical (unpaired) electrons. The largest absolute Gasteiger partial charge is 0.478 e. The first-order valence-electron chi connectivity index (χ1n) is 6.32. The summed E-state index contributed by atoms with van der Waals surface area (Å²) in [5, 5.41) is 9.44. The van der Waals surface area contributed by atoms with Gasteiger partial charge in [-0.3, -0.25) is 13.9 Å². The number of aryl methyl sites for hydroxylation is 1. The number of carboxylic acids is 1. The number of rotatable bonds is 3. The second kappa shape index (κ2) is 4.90. The lowest BCUT2D eigenvalue weighted by Gasteiger charge is -2.13. The maximum absolute atomic E-state index is 12.4. The van der Waals surface area contributed by atoms with Gasteiger partial charge in [-0.25, -0.2) is 9.59 Å². The number of aromatic carboxylic acids is 1. The zero-order valence-corrected chi connectivity index (χ0v) is 12.6. The number of hydrogen-bond donors (Lipinski definition) is 1. The molecular weight excluding hydrogens is 280 g/mol. The SMILES string of the molecule is CCn1c(=O)c2c(C(=O)O)c(C)sc2n(C(C)C)c1=O. The Morgan fingerprint density at radius 1 is 1.35 bits per heavy atom. The van der Waals surface area contributed by atoms with Crippen molar-refractivity contribution in [3.63, 3.8) is 0 Å². The van der Waals surface area contributed by atoms with Crippen molar-refractivity contribution in [3.05, 3.63) is 31.3 Å². The highest BCUT2D eigenvalue weighted by molar-refractivity contribution is 7.19. The standard InChI is InChI=1S/C13H16N2O4S/c1-5-14-10(16)9-8(12(17)18)7(4)20-11(9)15(6(2)3)13(14)19/h6H,5H2,1-4H3,(H,17,18). The normalized spacial score (nSPS) is 11.4. The molecule has 0 bridgehead atoms. The lowest BCUT2D eigenvalue weighted by Crippen LogP contribution is -2.40. The van der Waals surface area contributed by atoms with Gasteiger partial charge in [0, 0.05) is 17.5 Å². The number of hydrogen-bond acceptors (Lipinski definition) is 4. The molecule has 0 aliphatic heterocycles. The summed E-state index contributed by atoms with van der Waals surface area (Å²) in [4.78, 5) is 37.1. The maximum atomic E-state index is 12.4. The van der Waals surface area contributed by atoms with Gasteiger partial charge in [-0.2, -0.15) is 0 Å². The van der Waals surface area contributed by atoms with Crippen molar-refractivity contribution in [2.45, 2.75) is 40.3 Å². The molecule has 0 spiro atoms. The molecular formula is C13H16N2O4S. The Balaban J connectivity index is 3.16. The summed E-state index contributed by atoms with van der Waals surface area (Å²) < 4.78 is 2.57. The van der Waals surface area contributed by atoms with Gasteiger partial charge < -0.3 is 5.11 Å². The number of fused-ring (bicyclic) bond motifs is 1. The first kappa shape index (κ1) is 14.5. The van der Waals surface area contributed by atoms with Crippen LogP contribution in [0, 0.1) is 6.92 Å². The van der Waals surface area contributed by atoms with Crippen molar-refractivity contribution in [2.75, 3.05) is 0 Å². The van der Waals surface area contributed by atoms with E-state index < -0.39 is 17.2 Å². The number of thiophene rings is 1. The van der Waals surface area contributed by atoms with E-state index in [9.17, 15) is 19.5 Å². The molecule has 108 valence electrons. The third-order valence-corrected chi connectivity index (χ3v) is 4.33. The minimum Gasteiger partial charge on any atom is -0.478 e. The lowest BCUT2D eigenvalue weighted by molar-refractivity contribution is 0.0698. The van der Waals surface area contributed by atoms with Gasteiger partial charge >= 0.3 is 11.7 Å². The van der Waals surface area contributed by atoms with Gasteiger partial charge in [0.25, 0.3) is 5.56 Å². The average molecular weight is 296 g/mol. The van der Waals surface area contributed by atoms with Crippen molar-refractivity contribution in [3.8, 4) is 0 Å². The first-order chi connectivity index (χ1) is 9.31. The van der Waals surface area contributed by atoms with E-state index in [-0.39, 0.29) is 23.5 Å². The van der Waals surface area contributed by atoms with Gasteiger partial charge in [0.05, 0.1) is 10.9 Å². The molecule has 1 N–H and O–H groups in total. The molecule has 2 aromatic heterocycles. The van der Waals surface area contributed by atoms with Crippen molar-refractivity contribution in [1.82, 2.24) is 9.13 Å². The van der Waals surface area contributed by atoms with Crippen molar-refractivity contribution in [1.29, 1.82) is 0 Å². The summed E-state index contributed by atoms with van der Waals surface area (Å²) in [6.45, 7) is 7.23. The quantitative estimate of drug-likeness (QED) is 0.937. The molecule has 0 saturated heterocycles. The Hall–Kier alpha value is -1.89. The van der Waals surface area contributed by atoms with Crippen molar-refractivity contribution < 1.29 is 9.90 Å². The van der Waals surface area contributed by atoms with Crippen LogP contribution in [0.3, 0.4) is 0 Å². The topological polar surface area (TPSA) is 81.3 Å². The molecule has 0 unspecified atom stereocenters. The van der Waals surface area contributed by atoms with Crippen LogP contribution in [0.1, 0.15) is 42.0 Å². The van der Waals surface area contributed by atoms with Gasteiger partial charge in [-0.1, -0.05) is 0 Å². The van der Waals surface area contributed by atoms with E-state index in [1.54, 1.807) is 13.8 Å². The first-order valence-corrected chi connectivity index (χ1v) is 7.14. The Morgan fingerprint density at radius 3 is 2.40 bits per heavy atom. The molecule has 0 aromatic carbocycles. The van der Waals surface area contributed by atoms with E-state index in [0.717, 1.165) is 4.57 Å². The predicted molar refractivity (Wildman–Crippen MR) is 78.1 cm³/mol. The van der Waals surface area contributed by atoms with Crippen LogP contribution < -0.4 is 11.2 Å². The fourth-order valence-electron chi connectivity index (χ4n) is 2.33. The van der Waals surface area contributed by atoms with Crippen LogP contribution in [0.2, 0.25) is 0 Å². The van der Waals surface area contributed by atoms with Gasteiger partial charge in [0.2, 0.25) is 0 Å². The molecule has 0 saturated carbocycles. The lowest BCUT2D eigenvalue weighted by atomic mass is 10.2. The summed E-state index contributed by atoms with van der Waals surface area (Å²) in [6, 6.07) is -0.150. The van der Waals surface area contributed by atoms with Gasteiger partial charge in [0.1, 0.15) is 4.83 Å².